The summed E-state index contributed by atoms with van der Waals surface area (Å²) < 4.78 is 9.80. The molecule has 0 atom stereocenters. The minimum absolute atomic E-state index is 0.400. The maximum absolute atomic E-state index is 6.21. The van der Waals surface area contributed by atoms with Gasteiger partial charge in [0.15, 0.2) is 0 Å². The van der Waals surface area contributed by atoms with Crippen LogP contribution in [-0.2, 0) is 13.0 Å². The van der Waals surface area contributed by atoms with Crippen LogP contribution in [0.15, 0.2) is 61.1 Å². The van der Waals surface area contributed by atoms with E-state index in [1.165, 1.54) is 0 Å². The molecule has 0 bridgehead atoms. The van der Waals surface area contributed by atoms with E-state index in [0.29, 0.717) is 18.1 Å². The van der Waals surface area contributed by atoms with Crippen LogP contribution in [0, 0.1) is 0 Å². The van der Waals surface area contributed by atoms with Crippen LogP contribution in [0.4, 0.5) is 0 Å². The molecule has 0 unspecified atom stereocenters. The zero-order chi connectivity index (χ0) is 17.5. The van der Waals surface area contributed by atoms with E-state index >= 15 is 0 Å². The van der Waals surface area contributed by atoms with Gasteiger partial charge < -0.3 is 9.30 Å². The third-order valence-electron chi connectivity index (χ3n) is 4.47. The van der Waals surface area contributed by atoms with Gasteiger partial charge in [-0.25, -0.2) is 9.67 Å². The summed E-state index contributed by atoms with van der Waals surface area (Å²) in [5, 5.41) is 8.95. The lowest BCUT2D eigenvalue weighted by Crippen LogP contribution is -2.04. The van der Waals surface area contributed by atoms with Crippen molar-refractivity contribution in [2.24, 2.45) is 0 Å². The molecule has 0 radical (unpaired) electrons. The highest BCUT2D eigenvalue weighted by Gasteiger charge is 2.23. The van der Waals surface area contributed by atoms with Crippen LogP contribution < -0.4 is 4.74 Å². The van der Waals surface area contributed by atoms with Crippen LogP contribution >= 0.6 is 11.6 Å². The Morgan fingerprint density at radius 1 is 1.08 bits per heavy atom. The number of rotatable bonds is 3. The molecule has 0 amide bonds. The molecule has 3 heterocycles. The van der Waals surface area contributed by atoms with E-state index in [9.17, 15) is 0 Å². The van der Waals surface area contributed by atoms with E-state index in [2.05, 4.69) is 19.9 Å². The molecule has 0 saturated carbocycles. The Balaban J connectivity index is 1.58. The topological polar surface area (TPSA) is 57.8 Å². The van der Waals surface area contributed by atoms with Crippen molar-refractivity contribution in [2.75, 3.05) is 0 Å². The van der Waals surface area contributed by atoms with Gasteiger partial charge in [0.1, 0.15) is 12.4 Å². The first-order chi connectivity index (χ1) is 12.8. The molecule has 0 fully saturated rings. The van der Waals surface area contributed by atoms with Gasteiger partial charge in [0.05, 0.1) is 41.0 Å². The molecule has 2 aromatic heterocycles. The fraction of sp³-hybridized carbons (Fsp3) is 0.105. The number of ether oxygens (including phenoxy) is 1. The summed E-state index contributed by atoms with van der Waals surface area (Å²) >= 11 is 6.21. The van der Waals surface area contributed by atoms with Gasteiger partial charge in [-0.3, -0.25) is 0 Å². The first-order valence-corrected chi connectivity index (χ1v) is 8.60. The standard InChI is InChI=1S/C19H14ClN5O/c20-13-6-7-17-19(8-13)25-14(10-22-23-25)9-18-16(21-12-24(17)18)11-26-15-4-2-1-3-5-15/h1-8,10,12H,9,11H2. The van der Waals surface area contributed by atoms with E-state index in [-0.39, 0.29) is 0 Å². The fourth-order valence-corrected chi connectivity index (χ4v) is 3.38. The van der Waals surface area contributed by atoms with Crippen molar-refractivity contribution in [1.82, 2.24) is 24.5 Å². The van der Waals surface area contributed by atoms with Gasteiger partial charge in [-0.1, -0.05) is 35.0 Å². The summed E-state index contributed by atoms with van der Waals surface area (Å²) in [6.07, 6.45) is 4.26. The number of fused-ring (bicyclic) bond motifs is 5. The summed E-state index contributed by atoms with van der Waals surface area (Å²) in [5.74, 6) is 0.821. The lowest BCUT2D eigenvalue weighted by molar-refractivity contribution is 0.300. The molecule has 0 saturated heterocycles. The van der Waals surface area contributed by atoms with Gasteiger partial charge in [0.25, 0.3) is 0 Å². The van der Waals surface area contributed by atoms with Gasteiger partial charge >= 0.3 is 0 Å². The number of halogens is 1. The zero-order valence-corrected chi connectivity index (χ0v) is 14.5. The Morgan fingerprint density at radius 3 is 2.85 bits per heavy atom. The lowest BCUT2D eigenvalue weighted by atomic mass is 10.2. The molecule has 1 aliphatic heterocycles. The SMILES string of the molecule is Clc1ccc2c(c1)-n1nncc1Cc1c(COc3ccccc3)ncn1-2. The van der Waals surface area contributed by atoms with Crippen molar-refractivity contribution in [3.63, 3.8) is 0 Å². The second-order valence-corrected chi connectivity index (χ2v) is 6.49. The van der Waals surface area contributed by atoms with Crippen LogP contribution in [0.3, 0.4) is 0 Å². The molecular weight excluding hydrogens is 350 g/mol. The third-order valence-corrected chi connectivity index (χ3v) is 4.70. The van der Waals surface area contributed by atoms with Crippen LogP contribution in [0.2, 0.25) is 5.02 Å². The van der Waals surface area contributed by atoms with Crippen molar-refractivity contribution < 1.29 is 4.74 Å². The molecule has 1 aliphatic rings. The normalized spacial score (nSPS) is 12.0. The van der Waals surface area contributed by atoms with Gasteiger partial charge in [-0.15, -0.1) is 5.10 Å². The first kappa shape index (κ1) is 15.2. The average Bonchev–Trinajstić information content (AvgIpc) is 3.26. The van der Waals surface area contributed by atoms with E-state index in [1.54, 1.807) is 6.20 Å². The van der Waals surface area contributed by atoms with E-state index in [0.717, 1.165) is 34.2 Å². The number of hydrogen-bond acceptors (Lipinski definition) is 4. The van der Waals surface area contributed by atoms with Gasteiger partial charge in [0.2, 0.25) is 0 Å². The molecule has 0 aliphatic carbocycles. The van der Waals surface area contributed by atoms with E-state index < -0.39 is 0 Å². The van der Waals surface area contributed by atoms with Gasteiger partial charge in [0, 0.05) is 11.4 Å². The van der Waals surface area contributed by atoms with Crippen molar-refractivity contribution >= 4 is 11.6 Å². The van der Waals surface area contributed by atoms with Crippen LogP contribution in [0.1, 0.15) is 17.1 Å². The maximum Gasteiger partial charge on any atom is 0.132 e. The summed E-state index contributed by atoms with van der Waals surface area (Å²) in [5.41, 5.74) is 4.78. The molecular formula is C19H14ClN5O. The molecule has 4 aromatic rings. The molecule has 6 nitrogen and oxygen atoms in total. The fourth-order valence-electron chi connectivity index (χ4n) is 3.22. The number of benzene rings is 2. The van der Waals surface area contributed by atoms with Crippen molar-refractivity contribution in [3.8, 4) is 17.1 Å². The summed E-state index contributed by atoms with van der Waals surface area (Å²) in [4.78, 5) is 4.59. The molecule has 7 heteroatoms. The number of para-hydroxylation sites is 1. The Kier molecular flexibility index (Phi) is 3.50. The Hall–Kier alpha value is -3.12. The summed E-state index contributed by atoms with van der Waals surface area (Å²) in [7, 11) is 0. The Bertz CT molecular complexity index is 1090. The van der Waals surface area contributed by atoms with Crippen molar-refractivity contribution in [2.45, 2.75) is 13.0 Å². The van der Waals surface area contributed by atoms with Crippen LogP contribution in [-0.4, -0.2) is 24.5 Å². The van der Waals surface area contributed by atoms with Gasteiger partial charge in [-0.2, -0.15) is 0 Å². The molecule has 5 rings (SSSR count). The second kappa shape index (κ2) is 6.00. The number of hydrogen-bond donors (Lipinski definition) is 0. The minimum atomic E-state index is 0.400. The van der Waals surface area contributed by atoms with Crippen LogP contribution in [0.25, 0.3) is 11.4 Å². The van der Waals surface area contributed by atoms with E-state index in [4.69, 9.17) is 16.3 Å². The Labute approximate surface area is 154 Å². The molecule has 0 spiro atoms. The maximum atomic E-state index is 6.21. The highest BCUT2D eigenvalue weighted by atomic mass is 35.5. The third kappa shape index (κ3) is 2.46. The molecule has 128 valence electrons. The largest absolute Gasteiger partial charge is 0.487 e. The quantitative estimate of drug-likeness (QED) is 0.491. The number of nitrogens with zero attached hydrogens (tertiary/aromatic N) is 5. The first-order valence-electron chi connectivity index (χ1n) is 8.22. The highest BCUT2D eigenvalue weighted by molar-refractivity contribution is 6.30. The molecule has 26 heavy (non-hydrogen) atoms. The minimum Gasteiger partial charge on any atom is -0.487 e. The average molecular weight is 364 g/mol. The Morgan fingerprint density at radius 2 is 1.96 bits per heavy atom. The summed E-state index contributed by atoms with van der Waals surface area (Å²) in [6, 6.07) is 15.5. The second-order valence-electron chi connectivity index (χ2n) is 6.06. The summed E-state index contributed by atoms with van der Waals surface area (Å²) in [6.45, 7) is 0.400. The van der Waals surface area contributed by atoms with E-state index in [1.807, 2.05) is 59.5 Å². The predicted octanol–water partition coefficient (Wildman–Crippen LogP) is 3.59. The highest BCUT2D eigenvalue weighted by Crippen LogP contribution is 2.30. The smallest absolute Gasteiger partial charge is 0.132 e. The molecule has 0 N–H and O–H groups in total. The predicted molar refractivity (Wildman–Crippen MR) is 97.1 cm³/mol. The zero-order valence-electron chi connectivity index (χ0n) is 13.7. The monoisotopic (exact) mass is 363 g/mol. The number of aromatic nitrogens is 5. The van der Waals surface area contributed by atoms with Crippen molar-refractivity contribution in [3.05, 3.63) is 83.2 Å². The lowest BCUT2D eigenvalue weighted by Gasteiger charge is -2.10. The molecule has 2 aromatic carbocycles. The van der Waals surface area contributed by atoms with Crippen LogP contribution in [0.5, 0.6) is 5.75 Å². The number of imidazole rings is 1. The van der Waals surface area contributed by atoms with Gasteiger partial charge in [-0.05, 0) is 30.3 Å². The van der Waals surface area contributed by atoms with Crippen molar-refractivity contribution in [1.29, 1.82) is 0 Å².